The zero-order chi connectivity index (χ0) is 13.6. The Balaban J connectivity index is 1.69. The second-order valence-electron chi connectivity index (χ2n) is 5.61. The number of nitrogens with one attached hydrogen (secondary N) is 1. The van der Waals surface area contributed by atoms with Crippen LogP contribution in [0.25, 0.3) is 0 Å². The van der Waals surface area contributed by atoms with Gasteiger partial charge in [0.2, 0.25) is 0 Å². The van der Waals surface area contributed by atoms with Crippen LogP contribution in [0.4, 0.5) is 0 Å². The topological polar surface area (TPSA) is 41.5 Å². The maximum absolute atomic E-state index is 9.24. The summed E-state index contributed by atoms with van der Waals surface area (Å²) < 4.78 is 5.63. The van der Waals surface area contributed by atoms with Crippen LogP contribution in [0.2, 0.25) is 0 Å². The van der Waals surface area contributed by atoms with E-state index in [1.54, 1.807) is 0 Å². The molecular formula is C16H25NO2. The van der Waals surface area contributed by atoms with Gasteiger partial charge in [-0.1, -0.05) is 25.5 Å². The molecule has 1 aliphatic rings. The molecule has 0 radical (unpaired) electrons. The van der Waals surface area contributed by atoms with Gasteiger partial charge in [0.05, 0.1) is 6.61 Å². The van der Waals surface area contributed by atoms with E-state index in [1.165, 1.54) is 5.56 Å². The van der Waals surface area contributed by atoms with E-state index in [0.717, 1.165) is 51.1 Å². The number of aliphatic hydroxyl groups excluding tert-OH is 1. The molecule has 1 saturated carbocycles. The van der Waals surface area contributed by atoms with E-state index in [1.807, 2.05) is 12.1 Å². The largest absolute Gasteiger partial charge is 0.494 e. The third kappa shape index (κ3) is 4.51. The number of hydrogen-bond acceptors (Lipinski definition) is 3. The summed E-state index contributed by atoms with van der Waals surface area (Å²) in [5.41, 5.74) is 1.44. The number of hydrogen-bond donors (Lipinski definition) is 2. The van der Waals surface area contributed by atoms with E-state index in [9.17, 15) is 5.11 Å². The molecule has 2 N–H and O–H groups in total. The highest BCUT2D eigenvalue weighted by Crippen LogP contribution is 2.44. The first kappa shape index (κ1) is 14.4. The fourth-order valence-corrected chi connectivity index (χ4v) is 2.08. The fraction of sp³-hybridized carbons (Fsp3) is 0.625. The van der Waals surface area contributed by atoms with Gasteiger partial charge in [0.25, 0.3) is 0 Å². The second kappa shape index (κ2) is 6.92. The first-order valence-corrected chi connectivity index (χ1v) is 7.31. The lowest BCUT2D eigenvalue weighted by Gasteiger charge is -2.13. The Morgan fingerprint density at radius 1 is 1.26 bits per heavy atom. The normalized spacial score (nSPS) is 16.3. The van der Waals surface area contributed by atoms with Crippen molar-refractivity contribution in [3.8, 4) is 5.75 Å². The van der Waals surface area contributed by atoms with Gasteiger partial charge in [-0.2, -0.15) is 0 Å². The third-order valence-corrected chi connectivity index (χ3v) is 3.81. The number of unbranched alkanes of at least 4 members (excludes halogenated alkanes) is 1. The van der Waals surface area contributed by atoms with Crippen LogP contribution < -0.4 is 10.1 Å². The molecule has 3 nitrogen and oxygen atoms in total. The number of benzene rings is 1. The summed E-state index contributed by atoms with van der Waals surface area (Å²) in [6.07, 6.45) is 4.57. The molecular weight excluding hydrogens is 238 g/mol. The van der Waals surface area contributed by atoms with Gasteiger partial charge < -0.3 is 15.2 Å². The lowest BCUT2D eigenvalue weighted by molar-refractivity contribution is 0.207. The average Bonchev–Trinajstić information content (AvgIpc) is 3.21. The molecule has 0 unspecified atom stereocenters. The van der Waals surface area contributed by atoms with Gasteiger partial charge in [0.15, 0.2) is 0 Å². The number of aliphatic hydroxyl groups is 1. The van der Waals surface area contributed by atoms with Gasteiger partial charge in [-0.3, -0.25) is 0 Å². The average molecular weight is 263 g/mol. The van der Waals surface area contributed by atoms with Gasteiger partial charge in [-0.15, -0.1) is 0 Å². The van der Waals surface area contributed by atoms with Crippen LogP contribution in [-0.2, 0) is 6.54 Å². The molecule has 1 aromatic carbocycles. The van der Waals surface area contributed by atoms with E-state index >= 15 is 0 Å². The van der Waals surface area contributed by atoms with Crippen molar-refractivity contribution < 1.29 is 9.84 Å². The quantitative estimate of drug-likeness (QED) is 0.673. The predicted molar refractivity (Wildman–Crippen MR) is 77.3 cm³/mol. The standard InChI is InChI=1S/C16H25NO2/c1-2-3-10-19-15-6-4-14(5-7-15)11-17-12-16(13-18)8-9-16/h4-7,17-18H,2-3,8-13H2,1H3. The molecule has 1 aromatic rings. The molecule has 1 aliphatic carbocycles. The summed E-state index contributed by atoms with van der Waals surface area (Å²) >= 11 is 0. The van der Waals surface area contributed by atoms with Crippen molar-refractivity contribution >= 4 is 0 Å². The number of ether oxygens (including phenoxy) is 1. The van der Waals surface area contributed by atoms with E-state index in [4.69, 9.17) is 4.74 Å². The summed E-state index contributed by atoms with van der Waals surface area (Å²) in [6.45, 7) is 5.05. The lowest BCUT2D eigenvalue weighted by atomic mass is 10.1. The van der Waals surface area contributed by atoms with Crippen LogP contribution in [0.1, 0.15) is 38.2 Å². The summed E-state index contributed by atoms with van der Waals surface area (Å²) in [6, 6.07) is 8.27. The number of rotatable bonds is 9. The van der Waals surface area contributed by atoms with E-state index in [-0.39, 0.29) is 5.41 Å². The molecule has 0 aromatic heterocycles. The Morgan fingerprint density at radius 3 is 2.58 bits per heavy atom. The zero-order valence-corrected chi connectivity index (χ0v) is 11.8. The molecule has 2 rings (SSSR count). The first-order chi connectivity index (χ1) is 9.28. The molecule has 19 heavy (non-hydrogen) atoms. The Kier molecular flexibility index (Phi) is 5.23. The van der Waals surface area contributed by atoms with Gasteiger partial charge in [0, 0.05) is 25.1 Å². The van der Waals surface area contributed by atoms with Gasteiger partial charge >= 0.3 is 0 Å². The minimum absolute atomic E-state index is 0.184. The Labute approximate surface area is 116 Å². The Morgan fingerprint density at radius 2 is 2.00 bits per heavy atom. The molecule has 0 spiro atoms. The van der Waals surface area contributed by atoms with Crippen LogP contribution >= 0.6 is 0 Å². The summed E-state index contributed by atoms with van der Waals surface area (Å²) in [7, 11) is 0. The summed E-state index contributed by atoms with van der Waals surface area (Å²) in [5.74, 6) is 0.950. The maximum Gasteiger partial charge on any atom is 0.119 e. The summed E-state index contributed by atoms with van der Waals surface area (Å²) in [4.78, 5) is 0. The second-order valence-corrected chi connectivity index (χ2v) is 5.61. The monoisotopic (exact) mass is 263 g/mol. The lowest BCUT2D eigenvalue weighted by Crippen LogP contribution is -2.26. The first-order valence-electron chi connectivity index (χ1n) is 7.31. The van der Waals surface area contributed by atoms with Crippen molar-refractivity contribution in [3.05, 3.63) is 29.8 Å². The van der Waals surface area contributed by atoms with Crippen LogP contribution in [0.15, 0.2) is 24.3 Å². The minimum atomic E-state index is 0.184. The van der Waals surface area contributed by atoms with Crippen molar-refractivity contribution in [2.24, 2.45) is 5.41 Å². The van der Waals surface area contributed by atoms with Crippen LogP contribution in [0.5, 0.6) is 5.75 Å². The molecule has 0 amide bonds. The molecule has 0 aliphatic heterocycles. The molecule has 0 saturated heterocycles. The van der Waals surface area contributed by atoms with Gasteiger partial charge in [0.1, 0.15) is 5.75 Å². The van der Waals surface area contributed by atoms with Gasteiger partial charge in [-0.25, -0.2) is 0 Å². The predicted octanol–water partition coefficient (Wildman–Crippen LogP) is 2.73. The minimum Gasteiger partial charge on any atom is -0.494 e. The highest BCUT2D eigenvalue weighted by molar-refractivity contribution is 5.27. The Hall–Kier alpha value is -1.06. The fourth-order valence-electron chi connectivity index (χ4n) is 2.08. The van der Waals surface area contributed by atoms with Crippen molar-refractivity contribution in [1.29, 1.82) is 0 Å². The molecule has 0 bridgehead atoms. The molecule has 0 heterocycles. The molecule has 106 valence electrons. The summed E-state index contributed by atoms with van der Waals surface area (Å²) in [5, 5.41) is 12.7. The molecule has 1 fully saturated rings. The maximum atomic E-state index is 9.24. The van der Waals surface area contributed by atoms with E-state index in [2.05, 4.69) is 24.4 Å². The van der Waals surface area contributed by atoms with Crippen LogP contribution in [0.3, 0.4) is 0 Å². The van der Waals surface area contributed by atoms with Crippen molar-refractivity contribution in [1.82, 2.24) is 5.32 Å². The van der Waals surface area contributed by atoms with Crippen molar-refractivity contribution in [2.75, 3.05) is 19.8 Å². The van der Waals surface area contributed by atoms with Crippen molar-refractivity contribution in [3.63, 3.8) is 0 Å². The van der Waals surface area contributed by atoms with Crippen LogP contribution in [0, 0.1) is 5.41 Å². The van der Waals surface area contributed by atoms with E-state index in [0.29, 0.717) is 6.61 Å². The highest BCUT2D eigenvalue weighted by atomic mass is 16.5. The zero-order valence-electron chi connectivity index (χ0n) is 11.8. The third-order valence-electron chi connectivity index (χ3n) is 3.81. The van der Waals surface area contributed by atoms with E-state index < -0.39 is 0 Å². The SMILES string of the molecule is CCCCOc1ccc(CNCC2(CO)CC2)cc1. The van der Waals surface area contributed by atoms with Crippen LogP contribution in [-0.4, -0.2) is 24.9 Å². The Bertz CT molecular complexity index is 371. The highest BCUT2D eigenvalue weighted by Gasteiger charge is 2.41. The molecule has 3 heteroatoms. The molecule has 0 atom stereocenters. The van der Waals surface area contributed by atoms with Crippen molar-refractivity contribution in [2.45, 2.75) is 39.2 Å². The smallest absolute Gasteiger partial charge is 0.119 e. The van der Waals surface area contributed by atoms with Gasteiger partial charge in [-0.05, 0) is 37.0 Å².